The van der Waals surface area contributed by atoms with E-state index in [1.54, 1.807) is 41.1 Å². The molecular weight excluding hydrogens is 444 g/mol. The van der Waals surface area contributed by atoms with Gasteiger partial charge < -0.3 is 5.32 Å². The lowest BCUT2D eigenvalue weighted by molar-refractivity contribution is 0.603. The van der Waals surface area contributed by atoms with Crippen LogP contribution in [0.25, 0.3) is 5.82 Å². The Bertz CT molecular complexity index is 1280. The van der Waals surface area contributed by atoms with Crippen molar-refractivity contribution >= 4 is 50.2 Å². The molecule has 0 fully saturated rings. The average Bonchev–Trinajstić information content (AvgIpc) is 3.29. The number of benzene rings is 1. The van der Waals surface area contributed by atoms with Gasteiger partial charge in [0.2, 0.25) is 0 Å². The van der Waals surface area contributed by atoms with Gasteiger partial charge in [0.1, 0.15) is 4.21 Å². The van der Waals surface area contributed by atoms with Gasteiger partial charge in [0.05, 0.1) is 10.0 Å². The molecule has 0 atom stereocenters. The molecule has 0 aliphatic heterocycles. The van der Waals surface area contributed by atoms with Crippen molar-refractivity contribution in [3.05, 3.63) is 70.3 Å². The van der Waals surface area contributed by atoms with Crippen LogP contribution in [-0.4, -0.2) is 28.4 Å². The number of thiophene rings is 1. The summed E-state index contributed by atoms with van der Waals surface area (Å²) in [7, 11) is -3.66. The second kappa shape index (κ2) is 8.05. The van der Waals surface area contributed by atoms with Gasteiger partial charge in [-0.2, -0.15) is 5.10 Å². The number of aromatic nitrogens is 4. The van der Waals surface area contributed by atoms with Crippen molar-refractivity contribution in [1.29, 1.82) is 0 Å². The summed E-state index contributed by atoms with van der Waals surface area (Å²) in [5.41, 5.74) is 3.07. The smallest absolute Gasteiger partial charge is 0.271 e. The molecule has 0 bridgehead atoms. The molecule has 8 nitrogen and oxygen atoms in total. The highest BCUT2D eigenvalue weighted by Gasteiger charge is 2.16. The van der Waals surface area contributed by atoms with Crippen LogP contribution in [0.2, 0.25) is 4.34 Å². The average molecular weight is 461 g/mol. The van der Waals surface area contributed by atoms with Gasteiger partial charge in [0.15, 0.2) is 11.6 Å². The number of sulfonamides is 1. The van der Waals surface area contributed by atoms with E-state index in [9.17, 15) is 8.42 Å². The molecule has 2 N–H and O–H groups in total. The number of aryl methyl sites for hydroxylation is 2. The number of nitrogens with zero attached hydrogens (tertiary/aromatic N) is 4. The number of nitrogens with one attached hydrogen (secondary N) is 2. The molecule has 0 aliphatic carbocycles. The lowest BCUT2D eigenvalue weighted by Gasteiger charge is -2.09. The molecule has 0 saturated heterocycles. The van der Waals surface area contributed by atoms with Crippen molar-refractivity contribution in [3.63, 3.8) is 0 Å². The number of rotatable bonds is 6. The lowest BCUT2D eigenvalue weighted by Crippen LogP contribution is -2.11. The van der Waals surface area contributed by atoms with Crippen LogP contribution in [0.4, 0.5) is 17.2 Å². The Balaban J connectivity index is 1.44. The van der Waals surface area contributed by atoms with E-state index in [0.29, 0.717) is 21.7 Å². The highest BCUT2D eigenvalue weighted by Crippen LogP contribution is 2.27. The molecule has 0 radical (unpaired) electrons. The third-order valence-electron chi connectivity index (χ3n) is 4.10. The monoisotopic (exact) mass is 460 g/mol. The second-order valence-corrected chi connectivity index (χ2v) is 10.1. The summed E-state index contributed by atoms with van der Waals surface area (Å²) >= 11 is 6.82. The van der Waals surface area contributed by atoms with Gasteiger partial charge in [-0.3, -0.25) is 4.72 Å². The normalized spacial score (nSPS) is 11.4. The summed E-state index contributed by atoms with van der Waals surface area (Å²) in [6, 6.07) is 15.4. The summed E-state index contributed by atoms with van der Waals surface area (Å²) in [4.78, 5) is 0. The molecule has 3 heterocycles. The Hall–Kier alpha value is -2.95. The molecule has 4 aromatic rings. The zero-order valence-corrected chi connectivity index (χ0v) is 18.4. The van der Waals surface area contributed by atoms with Gasteiger partial charge in [0, 0.05) is 17.1 Å². The summed E-state index contributed by atoms with van der Waals surface area (Å²) < 4.78 is 29.6. The minimum absolute atomic E-state index is 0.160. The Morgan fingerprint density at radius 2 is 1.70 bits per heavy atom. The van der Waals surface area contributed by atoms with Gasteiger partial charge in [-0.25, -0.2) is 13.1 Å². The molecule has 0 amide bonds. The van der Waals surface area contributed by atoms with Crippen molar-refractivity contribution < 1.29 is 8.42 Å². The van der Waals surface area contributed by atoms with E-state index in [2.05, 4.69) is 25.3 Å². The van der Waals surface area contributed by atoms with Crippen LogP contribution in [0, 0.1) is 13.8 Å². The molecule has 0 aliphatic rings. The molecule has 0 unspecified atom stereocenters. The van der Waals surface area contributed by atoms with Crippen LogP contribution in [-0.2, 0) is 10.0 Å². The molecule has 3 aromatic heterocycles. The topological polar surface area (TPSA) is 102 Å². The summed E-state index contributed by atoms with van der Waals surface area (Å²) in [6.45, 7) is 3.88. The van der Waals surface area contributed by atoms with Gasteiger partial charge in [-0.1, -0.05) is 11.6 Å². The van der Waals surface area contributed by atoms with Crippen molar-refractivity contribution in [2.45, 2.75) is 18.1 Å². The minimum Gasteiger partial charge on any atom is -0.339 e. The zero-order chi connectivity index (χ0) is 21.3. The largest absolute Gasteiger partial charge is 0.339 e. The van der Waals surface area contributed by atoms with E-state index in [0.717, 1.165) is 28.4 Å². The van der Waals surface area contributed by atoms with E-state index < -0.39 is 10.0 Å². The number of halogens is 1. The first-order valence-corrected chi connectivity index (χ1v) is 11.5. The summed E-state index contributed by atoms with van der Waals surface area (Å²) in [5, 5.41) is 15.9. The quantitative estimate of drug-likeness (QED) is 0.438. The molecule has 1 aromatic carbocycles. The van der Waals surface area contributed by atoms with Crippen molar-refractivity contribution in [2.24, 2.45) is 0 Å². The number of hydrogen-bond donors (Lipinski definition) is 2. The molecule has 0 spiro atoms. The van der Waals surface area contributed by atoms with Crippen LogP contribution >= 0.6 is 22.9 Å². The fourth-order valence-corrected chi connectivity index (χ4v) is 5.32. The first kappa shape index (κ1) is 20.3. The molecular formula is C19H17ClN6O2S2. The fourth-order valence-electron chi connectivity index (χ4n) is 2.78. The highest BCUT2D eigenvalue weighted by molar-refractivity contribution is 7.94. The first-order valence-electron chi connectivity index (χ1n) is 8.83. The third kappa shape index (κ3) is 4.45. The van der Waals surface area contributed by atoms with Crippen molar-refractivity contribution in [2.75, 3.05) is 10.0 Å². The van der Waals surface area contributed by atoms with E-state index >= 15 is 0 Å². The van der Waals surface area contributed by atoms with E-state index in [4.69, 9.17) is 11.6 Å². The van der Waals surface area contributed by atoms with Crippen LogP contribution < -0.4 is 10.0 Å². The van der Waals surface area contributed by atoms with Gasteiger partial charge >= 0.3 is 0 Å². The predicted molar refractivity (Wildman–Crippen MR) is 118 cm³/mol. The molecule has 154 valence electrons. The van der Waals surface area contributed by atoms with Crippen molar-refractivity contribution in [3.8, 4) is 5.82 Å². The number of anilines is 3. The zero-order valence-electron chi connectivity index (χ0n) is 16.0. The molecule has 30 heavy (non-hydrogen) atoms. The Kier molecular flexibility index (Phi) is 5.46. The van der Waals surface area contributed by atoms with Crippen LogP contribution in [0.5, 0.6) is 0 Å². The van der Waals surface area contributed by atoms with Crippen molar-refractivity contribution in [1.82, 2.24) is 20.0 Å². The predicted octanol–water partition coefficient (Wildman–Crippen LogP) is 4.54. The van der Waals surface area contributed by atoms with Gasteiger partial charge in [0.25, 0.3) is 10.0 Å². The summed E-state index contributed by atoms with van der Waals surface area (Å²) in [5.74, 6) is 1.19. The minimum atomic E-state index is -3.66. The highest BCUT2D eigenvalue weighted by atomic mass is 35.5. The number of hydrogen-bond acceptors (Lipinski definition) is 7. The van der Waals surface area contributed by atoms with Gasteiger partial charge in [-0.15, -0.1) is 21.5 Å². The standard InChI is InChI=1S/C19H17ClN6O2S2/c1-12-11-13(2)26(24-12)18-9-8-17(22-23-18)21-14-3-5-15(6-4-14)25-30(27,28)19-10-7-16(20)29-19/h3-11,25H,1-2H3,(H,21,22). The maximum absolute atomic E-state index is 12.4. The second-order valence-electron chi connectivity index (χ2n) is 6.48. The molecule has 11 heteroatoms. The maximum Gasteiger partial charge on any atom is 0.271 e. The maximum atomic E-state index is 12.4. The lowest BCUT2D eigenvalue weighted by atomic mass is 10.3. The Labute approximate surface area is 182 Å². The van der Waals surface area contributed by atoms with Crippen LogP contribution in [0.1, 0.15) is 11.4 Å². The summed E-state index contributed by atoms with van der Waals surface area (Å²) in [6.07, 6.45) is 0. The first-order chi connectivity index (χ1) is 14.3. The van der Waals surface area contributed by atoms with E-state index in [-0.39, 0.29) is 4.21 Å². The third-order valence-corrected chi connectivity index (χ3v) is 7.20. The Morgan fingerprint density at radius 1 is 0.967 bits per heavy atom. The Morgan fingerprint density at radius 3 is 2.27 bits per heavy atom. The van der Waals surface area contributed by atoms with Crippen LogP contribution in [0.3, 0.4) is 0 Å². The van der Waals surface area contributed by atoms with E-state index in [1.807, 2.05) is 26.0 Å². The SMILES string of the molecule is Cc1cc(C)n(-c2ccc(Nc3ccc(NS(=O)(=O)c4ccc(Cl)s4)cc3)nn2)n1. The fraction of sp³-hybridized carbons (Fsp3) is 0.105. The van der Waals surface area contributed by atoms with Gasteiger partial charge in [-0.05, 0) is 68.4 Å². The molecule has 4 rings (SSSR count). The van der Waals surface area contributed by atoms with E-state index in [1.165, 1.54) is 6.07 Å². The molecule has 0 saturated carbocycles. The van der Waals surface area contributed by atoms with Crippen LogP contribution in [0.15, 0.2) is 58.8 Å².